The number of benzene rings is 3. The zero-order chi connectivity index (χ0) is 22.5. The Morgan fingerprint density at radius 1 is 1.00 bits per heavy atom. The Bertz CT molecular complexity index is 1500. The molecule has 7 heteroatoms. The number of thioether (sulfide) groups is 1. The van der Waals surface area contributed by atoms with Gasteiger partial charge in [-0.25, -0.2) is 4.99 Å². The van der Waals surface area contributed by atoms with E-state index in [1.54, 1.807) is 16.2 Å². The first-order valence-corrected chi connectivity index (χ1v) is 12.4. The summed E-state index contributed by atoms with van der Waals surface area (Å²) < 4.78 is 2.39. The van der Waals surface area contributed by atoms with E-state index >= 15 is 0 Å². The number of hydrogen-bond acceptors (Lipinski definition) is 5. The van der Waals surface area contributed by atoms with Gasteiger partial charge in [-0.3, -0.25) is 14.5 Å². The molecule has 2 aliphatic heterocycles. The Morgan fingerprint density at radius 2 is 1.76 bits per heavy atom. The molecule has 0 spiro atoms. The van der Waals surface area contributed by atoms with E-state index in [4.69, 9.17) is 4.99 Å². The van der Waals surface area contributed by atoms with Crippen LogP contribution in [0.3, 0.4) is 0 Å². The number of rotatable bonds is 4. The minimum Gasteiger partial charge on any atom is -0.481 e. The van der Waals surface area contributed by atoms with E-state index < -0.39 is 12.0 Å². The first kappa shape index (κ1) is 20.2. The SMILES string of the molecule is O=C(O)CC1=C(c2ccc3sc4ccccc4c3c2)N=C2SCC(=O)N2C1c1ccccc1. The van der Waals surface area contributed by atoms with Crippen molar-refractivity contribution in [3.63, 3.8) is 0 Å². The fourth-order valence-corrected chi connectivity index (χ4v) is 6.60. The number of carbonyl (C=O) groups excluding carboxylic acids is 1. The van der Waals surface area contributed by atoms with E-state index in [9.17, 15) is 14.7 Å². The first-order chi connectivity index (χ1) is 16.1. The van der Waals surface area contributed by atoms with Gasteiger partial charge in [-0.15, -0.1) is 11.3 Å². The van der Waals surface area contributed by atoms with Crippen molar-refractivity contribution in [3.05, 3.63) is 89.5 Å². The molecule has 6 rings (SSSR count). The van der Waals surface area contributed by atoms with E-state index in [1.165, 1.54) is 26.5 Å². The molecule has 1 fully saturated rings. The minimum absolute atomic E-state index is 0.0474. The van der Waals surface area contributed by atoms with Gasteiger partial charge in [-0.1, -0.05) is 66.4 Å². The summed E-state index contributed by atoms with van der Waals surface area (Å²) in [6, 6.07) is 23.6. The second kappa shape index (κ2) is 7.86. The van der Waals surface area contributed by atoms with Gasteiger partial charge in [0, 0.05) is 25.7 Å². The molecule has 1 N–H and O–H groups in total. The standard InChI is InChI=1S/C26H18N2O3S2/c29-22-14-32-26-27-24(16-10-11-21-18(12-16)17-8-4-5-9-20(17)33-21)19(13-23(30)31)25(28(22)26)15-6-2-1-3-7-15/h1-12,25H,13-14H2,(H,30,31). The van der Waals surface area contributed by atoms with Gasteiger partial charge >= 0.3 is 5.97 Å². The molecule has 2 aliphatic rings. The number of nitrogens with zero attached hydrogens (tertiary/aromatic N) is 2. The molecular weight excluding hydrogens is 452 g/mol. The zero-order valence-electron chi connectivity index (χ0n) is 17.4. The smallest absolute Gasteiger partial charge is 0.307 e. The van der Waals surface area contributed by atoms with Crippen LogP contribution in [0.25, 0.3) is 25.9 Å². The maximum Gasteiger partial charge on any atom is 0.307 e. The molecule has 5 nitrogen and oxygen atoms in total. The van der Waals surface area contributed by atoms with Crippen LogP contribution in [0.4, 0.5) is 0 Å². The number of aliphatic carboxylic acids is 1. The van der Waals surface area contributed by atoms with Gasteiger partial charge in [0.25, 0.3) is 0 Å². The van der Waals surface area contributed by atoms with Crippen molar-refractivity contribution in [3.8, 4) is 0 Å². The van der Waals surface area contributed by atoms with E-state index in [0.717, 1.165) is 16.5 Å². The van der Waals surface area contributed by atoms with Crippen molar-refractivity contribution < 1.29 is 14.7 Å². The van der Waals surface area contributed by atoms with Crippen molar-refractivity contribution in [2.75, 3.05) is 5.75 Å². The normalized spacial score (nSPS) is 18.2. The lowest BCUT2D eigenvalue weighted by molar-refractivity contribution is -0.136. The van der Waals surface area contributed by atoms with Crippen LogP contribution in [0.5, 0.6) is 0 Å². The summed E-state index contributed by atoms with van der Waals surface area (Å²) in [7, 11) is 0. The molecule has 1 amide bonds. The fourth-order valence-electron chi connectivity index (χ4n) is 4.62. The largest absolute Gasteiger partial charge is 0.481 e. The predicted molar refractivity (Wildman–Crippen MR) is 134 cm³/mol. The third kappa shape index (κ3) is 3.35. The highest BCUT2D eigenvalue weighted by atomic mass is 32.2. The topological polar surface area (TPSA) is 70.0 Å². The van der Waals surface area contributed by atoms with Crippen LogP contribution in [0, 0.1) is 0 Å². The van der Waals surface area contributed by atoms with Gasteiger partial charge in [-0.2, -0.15) is 0 Å². The molecular formula is C26H18N2O3S2. The van der Waals surface area contributed by atoms with Gasteiger partial charge in [0.15, 0.2) is 5.17 Å². The summed E-state index contributed by atoms with van der Waals surface area (Å²) in [4.78, 5) is 31.3. The van der Waals surface area contributed by atoms with Gasteiger partial charge in [0.2, 0.25) is 5.91 Å². The average molecular weight is 471 g/mol. The molecule has 0 radical (unpaired) electrons. The zero-order valence-corrected chi connectivity index (χ0v) is 19.0. The Labute approximate surface area is 198 Å². The summed E-state index contributed by atoms with van der Waals surface area (Å²) in [6.45, 7) is 0. The Hall–Kier alpha value is -3.42. The maximum atomic E-state index is 12.8. The summed E-state index contributed by atoms with van der Waals surface area (Å²) in [5.74, 6) is -0.679. The monoisotopic (exact) mass is 470 g/mol. The molecule has 162 valence electrons. The highest BCUT2D eigenvalue weighted by Gasteiger charge is 2.41. The number of carboxylic acid groups (broad SMARTS) is 1. The summed E-state index contributed by atoms with van der Waals surface area (Å²) in [5.41, 5.74) is 3.04. The van der Waals surface area contributed by atoms with Gasteiger partial charge in [0.1, 0.15) is 0 Å². The minimum atomic E-state index is -0.941. The molecule has 0 saturated carbocycles. The highest BCUT2D eigenvalue weighted by molar-refractivity contribution is 8.15. The van der Waals surface area contributed by atoms with E-state index in [-0.39, 0.29) is 12.3 Å². The third-order valence-electron chi connectivity index (χ3n) is 6.01. The first-order valence-electron chi connectivity index (χ1n) is 10.5. The summed E-state index contributed by atoms with van der Waals surface area (Å²) in [5, 5.41) is 12.7. The Kier molecular flexibility index (Phi) is 4.81. The van der Waals surface area contributed by atoms with Crippen LogP contribution >= 0.6 is 23.1 Å². The molecule has 3 aromatic carbocycles. The van der Waals surface area contributed by atoms with Crippen LogP contribution < -0.4 is 0 Å². The van der Waals surface area contributed by atoms with Crippen molar-refractivity contribution in [2.45, 2.75) is 12.5 Å². The number of amidine groups is 1. The van der Waals surface area contributed by atoms with Crippen molar-refractivity contribution in [2.24, 2.45) is 4.99 Å². The van der Waals surface area contributed by atoms with Crippen LogP contribution in [-0.2, 0) is 9.59 Å². The van der Waals surface area contributed by atoms with E-state index in [2.05, 4.69) is 24.3 Å². The second-order valence-corrected chi connectivity index (χ2v) is 10.0. The van der Waals surface area contributed by atoms with Crippen molar-refractivity contribution in [1.29, 1.82) is 0 Å². The molecule has 0 bridgehead atoms. The number of carbonyl (C=O) groups is 2. The Balaban J connectivity index is 1.61. The molecule has 1 unspecified atom stereocenters. The lowest BCUT2D eigenvalue weighted by Crippen LogP contribution is -2.38. The van der Waals surface area contributed by atoms with Crippen LogP contribution in [0.15, 0.2) is 83.4 Å². The van der Waals surface area contributed by atoms with Crippen LogP contribution in [-0.4, -0.2) is 32.8 Å². The molecule has 33 heavy (non-hydrogen) atoms. The molecule has 1 atom stereocenters. The van der Waals surface area contributed by atoms with Crippen LogP contribution in [0.1, 0.15) is 23.6 Å². The van der Waals surface area contributed by atoms with Crippen molar-refractivity contribution in [1.82, 2.24) is 4.90 Å². The number of hydrogen-bond donors (Lipinski definition) is 1. The predicted octanol–water partition coefficient (Wildman–Crippen LogP) is 5.93. The highest BCUT2D eigenvalue weighted by Crippen LogP contribution is 2.45. The third-order valence-corrected chi connectivity index (χ3v) is 8.10. The number of thiophene rings is 1. The summed E-state index contributed by atoms with van der Waals surface area (Å²) in [6.07, 6.45) is -0.192. The maximum absolute atomic E-state index is 12.8. The molecule has 1 aromatic heterocycles. The quantitative estimate of drug-likeness (QED) is 0.402. The van der Waals surface area contributed by atoms with E-state index in [0.29, 0.717) is 22.2 Å². The van der Waals surface area contributed by atoms with E-state index in [1.807, 2.05) is 48.5 Å². The molecule has 4 aromatic rings. The number of amides is 1. The Morgan fingerprint density at radius 3 is 2.58 bits per heavy atom. The molecule has 3 heterocycles. The average Bonchev–Trinajstić information content (AvgIpc) is 3.38. The van der Waals surface area contributed by atoms with Gasteiger partial charge < -0.3 is 5.11 Å². The van der Waals surface area contributed by atoms with Gasteiger partial charge in [-0.05, 0) is 29.3 Å². The lowest BCUT2D eigenvalue weighted by atomic mass is 9.89. The summed E-state index contributed by atoms with van der Waals surface area (Å²) >= 11 is 3.15. The number of carboxylic acids is 1. The molecule has 1 saturated heterocycles. The van der Waals surface area contributed by atoms with Crippen molar-refractivity contribution >= 4 is 66.0 Å². The fraction of sp³-hybridized carbons (Fsp3) is 0.115. The number of fused-ring (bicyclic) bond motifs is 4. The van der Waals surface area contributed by atoms with Crippen LogP contribution in [0.2, 0.25) is 0 Å². The van der Waals surface area contributed by atoms with Gasteiger partial charge in [0.05, 0.1) is 23.9 Å². The second-order valence-electron chi connectivity index (χ2n) is 8.01. The number of aliphatic imine (C=N–C) groups is 1. The molecule has 0 aliphatic carbocycles. The lowest BCUT2D eigenvalue weighted by Gasteiger charge is -2.34.